The van der Waals surface area contributed by atoms with Crippen molar-refractivity contribution in [3.8, 4) is 5.75 Å². The minimum Gasteiger partial charge on any atom is -0.494 e. The van der Waals surface area contributed by atoms with E-state index >= 15 is 0 Å². The molecule has 0 amide bonds. The van der Waals surface area contributed by atoms with Gasteiger partial charge < -0.3 is 14.6 Å². The van der Waals surface area contributed by atoms with Crippen molar-refractivity contribution in [2.24, 2.45) is 0 Å². The number of ether oxygens (including phenoxy) is 2. The van der Waals surface area contributed by atoms with E-state index in [1.165, 1.54) is 5.56 Å². The van der Waals surface area contributed by atoms with Gasteiger partial charge in [-0.1, -0.05) is 35.9 Å². The number of rotatable bonds is 5. The number of halogens is 1. The van der Waals surface area contributed by atoms with Crippen LogP contribution < -0.4 is 4.74 Å². The van der Waals surface area contributed by atoms with Crippen LogP contribution in [0.15, 0.2) is 42.5 Å². The van der Waals surface area contributed by atoms with Gasteiger partial charge in [-0.25, -0.2) is 0 Å². The molecular formula is C21H25ClO3. The normalized spacial score (nSPS) is 23.4. The Balaban J connectivity index is 1.79. The fraction of sp³-hybridized carbons (Fsp3) is 0.429. The summed E-state index contributed by atoms with van der Waals surface area (Å²) in [5.41, 5.74) is 3.20. The molecule has 0 bridgehead atoms. The highest BCUT2D eigenvalue weighted by Crippen LogP contribution is 2.33. The number of hydrogen-bond donors (Lipinski definition) is 1. The van der Waals surface area contributed by atoms with Gasteiger partial charge in [0.05, 0.1) is 18.8 Å². The molecule has 2 aromatic rings. The minimum atomic E-state index is -0.462. The number of hydrogen-bond acceptors (Lipinski definition) is 3. The average Bonchev–Trinajstić information content (AvgIpc) is 2.61. The van der Waals surface area contributed by atoms with Crippen molar-refractivity contribution >= 4 is 11.6 Å². The SMILES string of the molecule is CCOc1ccc(Cc2cc(C3OC(C)CCC3O)ccc2Cl)cc1. The van der Waals surface area contributed by atoms with Gasteiger partial charge in [0.25, 0.3) is 0 Å². The van der Waals surface area contributed by atoms with Crippen LogP contribution in [0, 0.1) is 0 Å². The van der Waals surface area contributed by atoms with E-state index in [0.717, 1.165) is 41.2 Å². The first-order valence-corrected chi connectivity index (χ1v) is 9.28. The second-order valence-electron chi connectivity index (χ2n) is 6.62. The Hall–Kier alpha value is -1.55. The van der Waals surface area contributed by atoms with Gasteiger partial charge in [-0.15, -0.1) is 0 Å². The highest BCUT2D eigenvalue weighted by Gasteiger charge is 2.29. The summed E-state index contributed by atoms with van der Waals surface area (Å²) in [5, 5.41) is 11.0. The van der Waals surface area contributed by atoms with Crippen molar-refractivity contribution in [2.45, 2.75) is 51.4 Å². The lowest BCUT2D eigenvalue weighted by atomic mass is 9.93. The molecule has 1 aliphatic heterocycles. The molecule has 1 N–H and O–H groups in total. The smallest absolute Gasteiger partial charge is 0.119 e. The molecule has 1 heterocycles. The van der Waals surface area contributed by atoms with Gasteiger partial charge in [0, 0.05) is 5.02 Å². The molecule has 25 heavy (non-hydrogen) atoms. The molecule has 0 aliphatic carbocycles. The summed E-state index contributed by atoms with van der Waals surface area (Å²) < 4.78 is 11.4. The molecule has 0 radical (unpaired) electrons. The lowest BCUT2D eigenvalue weighted by Gasteiger charge is -2.32. The van der Waals surface area contributed by atoms with Gasteiger partial charge in [-0.3, -0.25) is 0 Å². The molecule has 3 rings (SSSR count). The zero-order valence-corrected chi connectivity index (χ0v) is 15.5. The summed E-state index contributed by atoms with van der Waals surface area (Å²) in [5.74, 6) is 0.874. The third kappa shape index (κ3) is 4.55. The van der Waals surface area contributed by atoms with Gasteiger partial charge >= 0.3 is 0 Å². The van der Waals surface area contributed by atoms with E-state index in [1.807, 2.05) is 31.2 Å². The molecule has 2 aromatic carbocycles. The standard InChI is InChI=1S/C21H25ClO3/c1-3-24-18-8-5-15(6-9-18)12-17-13-16(7-10-19(17)22)21-20(23)11-4-14(2)25-21/h5-10,13-14,20-21,23H,3-4,11-12H2,1-2H3. The minimum absolute atomic E-state index is 0.165. The molecule has 3 unspecified atom stereocenters. The average molecular weight is 361 g/mol. The predicted octanol–water partition coefficient (Wildman–Crippen LogP) is 4.93. The fourth-order valence-corrected chi connectivity index (χ4v) is 3.45. The molecule has 1 aliphatic rings. The summed E-state index contributed by atoms with van der Waals surface area (Å²) in [6.45, 7) is 4.69. The first kappa shape index (κ1) is 18.2. The molecule has 0 aromatic heterocycles. The summed E-state index contributed by atoms with van der Waals surface area (Å²) in [4.78, 5) is 0. The van der Waals surface area contributed by atoms with Crippen LogP contribution in [0.4, 0.5) is 0 Å². The van der Waals surface area contributed by atoms with Crippen LogP contribution in [-0.2, 0) is 11.2 Å². The van der Waals surface area contributed by atoms with Crippen molar-refractivity contribution in [3.63, 3.8) is 0 Å². The highest BCUT2D eigenvalue weighted by atomic mass is 35.5. The molecule has 1 fully saturated rings. The van der Waals surface area contributed by atoms with E-state index < -0.39 is 6.10 Å². The lowest BCUT2D eigenvalue weighted by Crippen LogP contribution is -2.31. The Morgan fingerprint density at radius 2 is 1.92 bits per heavy atom. The maximum Gasteiger partial charge on any atom is 0.119 e. The Bertz CT molecular complexity index is 699. The molecule has 3 atom stereocenters. The number of aliphatic hydroxyl groups excluding tert-OH is 1. The third-order valence-corrected chi connectivity index (χ3v) is 4.99. The van der Waals surface area contributed by atoms with E-state index in [0.29, 0.717) is 6.61 Å². The summed E-state index contributed by atoms with van der Waals surface area (Å²) >= 11 is 6.40. The largest absolute Gasteiger partial charge is 0.494 e. The van der Waals surface area contributed by atoms with Crippen LogP contribution in [0.25, 0.3) is 0 Å². The Kier molecular flexibility index (Phi) is 6.00. The summed E-state index contributed by atoms with van der Waals surface area (Å²) in [6, 6.07) is 14.0. The van der Waals surface area contributed by atoms with E-state index in [2.05, 4.69) is 25.1 Å². The van der Waals surface area contributed by atoms with Gasteiger partial charge in [0.2, 0.25) is 0 Å². The van der Waals surface area contributed by atoms with Crippen molar-refractivity contribution in [2.75, 3.05) is 6.61 Å². The maximum atomic E-state index is 10.3. The van der Waals surface area contributed by atoms with E-state index in [-0.39, 0.29) is 12.2 Å². The molecule has 0 saturated carbocycles. The molecule has 4 heteroatoms. The second kappa shape index (κ2) is 8.22. The first-order valence-electron chi connectivity index (χ1n) is 8.90. The second-order valence-corrected chi connectivity index (χ2v) is 7.02. The summed E-state index contributed by atoms with van der Waals surface area (Å²) in [7, 11) is 0. The number of aliphatic hydroxyl groups is 1. The quantitative estimate of drug-likeness (QED) is 0.821. The van der Waals surface area contributed by atoms with E-state index in [9.17, 15) is 5.11 Å². The van der Waals surface area contributed by atoms with Crippen molar-refractivity contribution in [3.05, 3.63) is 64.2 Å². The van der Waals surface area contributed by atoms with Crippen LogP contribution in [0.5, 0.6) is 5.75 Å². The van der Waals surface area contributed by atoms with Crippen LogP contribution >= 0.6 is 11.6 Å². The Morgan fingerprint density at radius 1 is 1.16 bits per heavy atom. The van der Waals surface area contributed by atoms with Gasteiger partial charge in [-0.2, -0.15) is 0 Å². The van der Waals surface area contributed by atoms with E-state index in [1.54, 1.807) is 0 Å². The zero-order valence-electron chi connectivity index (χ0n) is 14.7. The highest BCUT2D eigenvalue weighted by molar-refractivity contribution is 6.31. The zero-order chi connectivity index (χ0) is 17.8. The van der Waals surface area contributed by atoms with Crippen LogP contribution in [0.1, 0.15) is 49.5 Å². The molecule has 1 saturated heterocycles. The maximum absolute atomic E-state index is 10.3. The molecule has 134 valence electrons. The van der Waals surface area contributed by atoms with E-state index in [4.69, 9.17) is 21.1 Å². The van der Waals surface area contributed by atoms with Crippen molar-refractivity contribution in [1.29, 1.82) is 0 Å². The molecule has 3 nitrogen and oxygen atoms in total. The summed E-state index contributed by atoms with van der Waals surface area (Å²) in [6.07, 6.45) is 1.82. The van der Waals surface area contributed by atoms with Gasteiger partial charge in [0.1, 0.15) is 11.9 Å². The monoisotopic (exact) mass is 360 g/mol. The van der Waals surface area contributed by atoms with Crippen LogP contribution in [-0.4, -0.2) is 23.9 Å². The molecule has 0 spiro atoms. The van der Waals surface area contributed by atoms with Crippen molar-refractivity contribution < 1.29 is 14.6 Å². The number of benzene rings is 2. The third-order valence-electron chi connectivity index (χ3n) is 4.62. The van der Waals surface area contributed by atoms with Crippen molar-refractivity contribution in [1.82, 2.24) is 0 Å². The van der Waals surface area contributed by atoms with Crippen LogP contribution in [0.2, 0.25) is 5.02 Å². The molecular weight excluding hydrogens is 336 g/mol. The first-order chi connectivity index (χ1) is 12.1. The predicted molar refractivity (Wildman–Crippen MR) is 100 cm³/mol. The Morgan fingerprint density at radius 3 is 2.64 bits per heavy atom. The van der Waals surface area contributed by atoms with Crippen LogP contribution in [0.3, 0.4) is 0 Å². The van der Waals surface area contributed by atoms with Gasteiger partial charge in [-0.05, 0) is 68.0 Å². The topological polar surface area (TPSA) is 38.7 Å². The Labute approximate surface area is 154 Å². The fourth-order valence-electron chi connectivity index (χ4n) is 3.26. The lowest BCUT2D eigenvalue weighted by molar-refractivity contribution is -0.113. The van der Waals surface area contributed by atoms with Gasteiger partial charge in [0.15, 0.2) is 0 Å².